The first-order valence-electron chi connectivity index (χ1n) is 8.17. The van der Waals surface area contributed by atoms with Crippen molar-refractivity contribution in [2.45, 2.75) is 19.8 Å². The molecule has 1 aromatic rings. The van der Waals surface area contributed by atoms with Crippen LogP contribution in [0.2, 0.25) is 0 Å². The fourth-order valence-electron chi connectivity index (χ4n) is 2.93. The first-order chi connectivity index (χ1) is 11.0. The molecular weight excluding hydrogens is 286 g/mol. The normalized spacial score (nSPS) is 14.8. The number of hydrazone groups is 1. The zero-order valence-electron chi connectivity index (χ0n) is 15.0. The van der Waals surface area contributed by atoms with Crippen LogP contribution in [-0.2, 0) is 6.42 Å². The Bertz CT molecular complexity index is 579. The molecule has 0 saturated carbocycles. The van der Waals surface area contributed by atoms with E-state index >= 15 is 0 Å². The summed E-state index contributed by atoms with van der Waals surface area (Å²) in [7, 11) is 8.12. The highest BCUT2D eigenvalue weighted by Crippen LogP contribution is 2.29. The zero-order chi connectivity index (χ0) is 16.8. The fourth-order valence-corrected chi connectivity index (χ4v) is 2.93. The van der Waals surface area contributed by atoms with Crippen molar-refractivity contribution in [3.8, 4) is 0 Å². The van der Waals surface area contributed by atoms with Crippen LogP contribution in [0, 0.1) is 0 Å². The molecule has 0 amide bonds. The number of nitrogens with zero attached hydrogens (tertiary/aromatic N) is 4. The Kier molecular flexibility index (Phi) is 5.90. The van der Waals surface area contributed by atoms with Crippen LogP contribution in [0.3, 0.4) is 0 Å². The van der Waals surface area contributed by atoms with Crippen molar-refractivity contribution >= 4 is 17.1 Å². The maximum atomic E-state index is 4.70. The Hall–Kier alpha value is -2.17. The highest BCUT2D eigenvalue weighted by Gasteiger charge is 2.14. The molecule has 5 heteroatoms. The molecule has 0 unspecified atom stereocenters. The Labute approximate surface area is 140 Å². The molecule has 1 N–H and O–H groups in total. The van der Waals surface area contributed by atoms with Gasteiger partial charge in [-0.1, -0.05) is 0 Å². The van der Waals surface area contributed by atoms with E-state index in [9.17, 15) is 0 Å². The van der Waals surface area contributed by atoms with Crippen LogP contribution in [0.15, 0.2) is 35.7 Å². The molecule has 0 aliphatic carbocycles. The van der Waals surface area contributed by atoms with Gasteiger partial charge >= 0.3 is 0 Å². The van der Waals surface area contributed by atoms with Gasteiger partial charge in [0, 0.05) is 52.8 Å². The smallest absolute Gasteiger partial charge is 0.0594 e. The lowest BCUT2D eigenvalue weighted by molar-refractivity contribution is 0.519. The number of aryl methyl sites for hydroxylation is 1. The molecule has 0 atom stereocenters. The number of nitrogens with one attached hydrogen (secondary N) is 1. The predicted molar refractivity (Wildman–Crippen MR) is 100 cm³/mol. The third-order valence-electron chi connectivity index (χ3n) is 4.08. The highest BCUT2D eigenvalue weighted by atomic mass is 15.4. The number of hydrogen-bond donors (Lipinski definition) is 1. The van der Waals surface area contributed by atoms with Crippen molar-refractivity contribution in [3.05, 3.63) is 36.2 Å². The Morgan fingerprint density at radius 1 is 1.39 bits per heavy atom. The van der Waals surface area contributed by atoms with Gasteiger partial charge in [0.2, 0.25) is 0 Å². The van der Waals surface area contributed by atoms with Crippen molar-refractivity contribution in [3.63, 3.8) is 0 Å². The van der Waals surface area contributed by atoms with E-state index in [1.54, 1.807) is 0 Å². The van der Waals surface area contributed by atoms with Crippen LogP contribution in [0.1, 0.15) is 18.9 Å². The maximum absolute atomic E-state index is 4.70. The van der Waals surface area contributed by atoms with Crippen LogP contribution < -0.4 is 15.2 Å². The minimum atomic E-state index is 0.802. The summed E-state index contributed by atoms with van der Waals surface area (Å²) in [5.41, 5.74) is 4.99. The first kappa shape index (κ1) is 17.2. The van der Waals surface area contributed by atoms with E-state index in [4.69, 9.17) is 5.10 Å². The minimum absolute atomic E-state index is 0.802. The van der Waals surface area contributed by atoms with Crippen LogP contribution in [0.5, 0.6) is 0 Å². The van der Waals surface area contributed by atoms with E-state index in [0.29, 0.717) is 0 Å². The molecule has 0 radical (unpaired) electrons. The maximum Gasteiger partial charge on any atom is 0.0594 e. The zero-order valence-corrected chi connectivity index (χ0v) is 15.0. The summed E-state index contributed by atoms with van der Waals surface area (Å²) in [6.45, 7) is 4.01. The molecule has 0 aromatic heterocycles. The van der Waals surface area contributed by atoms with Crippen molar-refractivity contribution in [1.82, 2.24) is 10.2 Å². The number of anilines is 2. The van der Waals surface area contributed by atoms with Gasteiger partial charge in [0.1, 0.15) is 0 Å². The van der Waals surface area contributed by atoms with Gasteiger partial charge < -0.3 is 15.1 Å². The van der Waals surface area contributed by atoms with Crippen molar-refractivity contribution < 1.29 is 0 Å². The molecule has 0 fully saturated rings. The third-order valence-corrected chi connectivity index (χ3v) is 4.08. The van der Waals surface area contributed by atoms with Gasteiger partial charge in [0.05, 0.1) is 17.9 Å². The largest absolute Gasteiger partial charge is 0.393 e. The topological polar surface area (TPSA) is 34.1 Å². The number of benzene rings is 1. The molecule has 126 valence electrons. The van der Waals surface area contributed by atoms with Crippen LogP contribution in [0.4, 0.5) is 11.4 Å². The van der Waals surface area contributed by atoms with E-state index < -0.39 is 0 Å². The summed E-state index contributed by atoms with van der Waals surface area (Å²) in [6.07, 6.45) is 6.30. The van der Waals surface area contributed by atoms with Crippen molar-refractivity contribution in [2.24, 2.45) is 5.10 Å². The molecule has 1 aliphatic heterocycles. The molecule has 1 heterocycles. The average Bonchev–Trinajstić information content (AvgIpc) is 2.52. The predicted octanol–water partition coefficient (Wildman–Crippen LogP) is 2.50. The Morgan fingerprint density at radius 3 is 2.91 bits per heavy atom. The molecule has 0 spiro atoms. The lowest BCUT2D eigenvalue weighted by atomic mass is 10.0. The Morgan fingerprint density at radius 2 is 2.17 bits per heavy atom. The minimum Gasteiger partial charge on any atom is -0.393 e. The quantitative estimate of drug-likeness (QED) is 0.646. The molecule has 1 aliphatic rings. The van der Waals surface area contributed by atoms with Crippen LogP contribution >= 0.6 is 0 Å². The molecular formula is C18H29N5. The van der Waals surface area contributed by atoms with Crippen molar-refractivity contribution in [1.29, 1.82) is 0 Å². The standard InChI is InChI=1S/C18H29N5/c1-15(14-21(3)12-10-19-2)20-23(5)17-8-9-18-16(13-17)7-6-11-22(18)4/h8-10,12-13,19H,6-7,11,14H2,1-5H3/b12-10-,20-15+. The fraction of sp³-hybridized carbons (Fsp3) is 0.500. The summed E-state index contributed by atoms with van der Waals surface area (Å²) in [5.74, 6) is 0. The van der Waals surface area contributed by atoms with E-state index in [-0.39, 0.29) is 0 Å². The van der Waals surface area contributed by atoms with Gasteiger partial charge in [-0.05, 0) is 43.5 Å². The highest BCUT2D eigenvalue weighted by molar-refractivity contribution is 5.85. The van der Waals surface area contributed by atoms with Crippen LogP contribution in [-0.4, -0.2) is 51.9 Å². The van der Waals surface area contributed by atoms with Gasteiger partial charge in [-0.3, -0.25) is 5.01 Å². The second kappa shape index (κ2) is 7.90. The first-order valence-corrected chi connectivity index (χ1v) is 8.17. The molecule has 0 bridgehead atoms. The van der Waals surface area contributed by atoms with Crippen LogP contribution in [0.25, 0.3) is 0 Å². The number of hydrogen-bond acceptors (Lipinski definition) is 5. The van der Waals surface area contributed by atoms with E-state index in [1.165, 1.54) is 17.7 Å². The van der Waals surface area contributed by atoms with Crippen molar-refractivity contribution in [2.75, 3.05) is 51.2 Å². The van der Waals surface area contributed by atoms with E-state index in [0.717, 1.165) is 30.9 Å². The average molecular weight is 315 g/mol. The number of rotatable bonds is 6. The summed E-state index contributed by atoms with van der Waals surface area (Å²) < 4.78 is 0. The second-order valence-electron chi connectivity index (χ2n) is 6.22. The summed E-state index contributed by atoms with van der Waals surface area (Å²) in [5, 5.41) is 9.67. The number of fused-ring (bicyclic) bond motifs is 1. The van der Waals surface area contributed by atoms with Gasteiger partial charge in [0.25, 0.3) is 0 Å². The summed E-state index contributed by atoms with van der Waals surface area (Å²) >= 11 is 0. The van der Waals surface area contributed by atoms with Gasteiger partial charge in [-0.15, -0.1) is 0 Å². The second-order valence-corrected chi connectivity index (χ2v) is 6.22. The Balaban J connectivity index is 2.06. The summed E-state index contributed by atoms with van der Waals surface area (Å²) in [4.78, 5) is 4.44. The van der Waals surface area contributed by atoms with Gasteiger partial charge in [-0.25, -0.2) is 0 Å². The third kappa shape index (κ3) is 4.65. The lowest BCUT2D eigenvalue weighted by Crippen LogP contribution is -2.25. The molecule has 1 aromatic carbocycles. The molecule has 5 nitrogen and oxygen atoms in total. The molecule has 2 rings (SSSR count). The SMILES string of the molecule is CN/C=C\N(C)C/C(C)=N/N(C)c1ccc2c(c1)CCCN2C. The lowest BCUT2D eigenvalue weighted by Gasteiger charge is -2.28. The van der Waals surface area contributed by atoms with E-state index in [2.05, 4.69) is 47.3 Å². The van der Waals surface area contributed by atoms with Gasteiger partial charge in [0.15, 0.2) is 0 Å². The molecule has 23 heavy (non-hydrogen) atoms. The molecule has 0 saturated heterocycles. The monoisotopic (exact) mass is 315 g/mol. The summed E-state index contributed by atoms with van der Waals surface area (Å²) in [6, 6.07) is 6.64. The van der Waals surface area contributed by atoms with E-state index in [1.807, 2.05) is 38.6 Å². The van der Waals surface area contributed by atoms with Gasteiger partial charge in [-0.2, -0.15) is 5.10 Å².